The van der Waals surface area contributed by atoms with E-state index in [-0.39, 0.29) is 6.04 Å². The average molecular weight is 273 g/mol. The quantitative estimate of drug-likeness (QED) is 0.602. The Morgan fingerprint density at radius 2 is 2.17 bits per heavy atom. The Labute approximate surface area is 114 Å². The third-order valence-electron chi connectivity index (χ3n) is 1.92. The van der Waals surface area contributed by atoms with E-state index in [1.807, 2.05) is 6.92 Å². The van der Waals surface area contributed by atoms with Gasteiger partial charge in [-0.15, -0.1) is 6.58 Å². The van der Waals surface area contributed by atoms with Crippen molar-refractivity contribution in [2.75, 3.05) is 13.1 Å². The molecule has 0 spiro atoms. The molecule has 0 aliphatic heterocycles. The Morgan fingerprint density at radius 1 is 1.61 bits per heavy atom. The SMILES string of the molecule is C=CC(C)NC(=S)N(CCN)C(=O)OC(C)(C)C. The Hall–Kier alpha value is -1.14. The van der Waals surface area contributed by atoms with Gasteiger partial charge in [0.2, 0.25) is 0 Å². The molecule has 6 heteroatoms. The number of nitrogens with two attached hydrogens (primary N) is 1. The van der Waals surface area contributed by atoms with Crippen molar-refractivity contribution in [1.29, 1.82) is 0 Å². The summed E-state index contributed by atoms with van der Waals surface area (Å²) < 4.78 is 5.27. The van der Waals surface area contributed by atoms with E-state index in [1.54, 1.807) is 26.8 Å². The van der Waals surface area contributed by atoms with Crippen LogP contribution in [0.15, 0.2) is 12.7 Å². The van der Waals surface area contributed by atoms with Crippen LogP contribution in [0, 0.1) is 0 Å². The van der Waals surface area contributed by atoms with Crippen molar-refractivity contribution >= 4 is 23.4 Å². The smallest absolute Gasteiger partial charge is 0.416 e. The molecule has 1 atom stereocenters. The summed E-state index contributed by atoms with van der Waals surface area (Å²) in [7, 11) is 0. The fourth-order valence-corrected chi connectivity index (χ4v) is 1.41. The van der Waals surface area contributed by atoms with Crippen LogP contribution < -0.4 is 11.1 Å². The summed E-state index contributed by atoms with van der Waals surface area (Å²) >= 11 is 5.16. The topological polar surface area (TPSA) is 67.6 Å². The van der Waals surface area contributed by atoms with Gasteiger partial charge in [-0.25, -0.2) is 4.79 Å². The number of nitrogens with zero attached hydrogens (tertiary/aromatic N) is 1. The highest BCUT2D eigenvalue weighted by atomic mass is 32.1. The molecule has 0 aromatic carbocycles. The van der Waals surface area contributed by atoms with Gasteiger partial charge in [-0.05, 0) is 39.9 Å². The summed E-state index contributed by atoms with van der Waals surface area (Å²) in [6.07, 6.45) is 1.20. The fourth-order valence-electron chi connectivity index (χ4n) is 1.05. The van der Waals surface area contributed by atoms with Crippen molar-refractivity contribution in [3.05, 3.63) is 12.7 Å². The van der Waals surface area contributed by atoms with E-state index in [0.717, 1.165) is 0 Å². The van der Waals surface area contributed by atoms with Gasteiger partial charge in [-0.2, -0.15) is 0 Å². The van der Waals surface area contributed by atoms with Crippen LogP contribution >= 0.6 is 12.2 Å². The van der Waals surface area contributed by atoms with Crippen molar-refractivity contribution < 1.29 is 9.53 Å². The predicted molar refractivity (Wildman–Crippen MR) is 77.4 cm³/mol. The first-order valence-corrected chi connectivity index (χ1v) is 6.25. The molecule has 0 saturated carbocycles. The van der Waals surface area contributed by atoms with Gasteiger partial charge < -0.3 is 15.8 Å². The number of hydrogen-bond donors (Lipinski definition) is 2. The lowest BCUT2D eigenvalue weighted by atomic mass is 10.2. The van der Waals surface area contributed by atoms with E-state index in [0.29, 0.717) is 18.2 Å². The van der Waals surface area contributed by atoms with Crippen LogP contribution in [0.25, 0.3) is 0 Å². The number of ether oxygens (including phenoxy) is 1. The van der Waals surface area contributed by atoms with Crippen LogP contribution in [0.5, 0.6) is 0 Å². The van der Waals surface area contributed by atoms with Crippen LogP contribution in [0.1, 0.15) is 27.7 Å². The van der Waals surface area contributed by atoms with Gasteiger partial charge in [-0.3, -0.25) is 4.90 Å². The van der Waals surface area contributed by atoms with Gasteiger partial charge in [-0.1, -0.05) is 6.08 Å². The maximum atomic E-state index is 12.0. The van der Waals surface area contributed by atoms with E-state index in [2.05, 4.69) is 11.9 Å². The van der Waals surface area contributed by atoms with Crippen LogP contribution in [0.4, 0.5) is 4.79 Å². The van der Waals surface area contributed by atoms with Crippen LogP contribution in [-0.4, -0.2) is 40.8 Å². The second-order valence-corrected chi connectivity index (χ2v) is 5.28. The molecule has 0 saturated heterocycles. The van der Waals surface area contributed by atoms with Crippen LogP contribution in [0.3, 0.4) is 0 Å². The monoisotopic (exact) mass is 273 g/mol. The number of carbonyl (C=O) groups is 1. The van der Waals surface area contributed by atoms with E-state index in [1.165, 1.54) is 4.90 Å². The second kappa shape index (κ2) is 7.33. The normalized spacial score (nSPS) is 12.5. The zero-order chi connectivity index (χ0) is 14.3. The maximum absolute atomic E-state index is 12.0. The van der Waals surface area contributed by atoms with E-state index < -0.39 is 11.7 Å². The lowest BCUT2D eigenvalue weighted by Crippen LogP contribution is -2.49. The van der Waals surface area contributed by atoms with E-state index in [9.17, 15) is 4.79 Å². The molecule has 18 heavy (non-hydrogen) atoms. The summed E-state index contributed by atoms with van der Waals surface area (Å²) in [5, 5.41) is 3.26. The average Bonchev–Trinajstić information content (AvgIpc) is 2.22. The Kier molecular flexibility index (Phi) is 6.86. The number of hydrogen-bond acceptors (Lipinski definition) is 4. The molecule has 0 aromatic rings. The van der Waals surface area contributed by atoms with E-state index >= 15 is 0 Å². The highest BCUT2D eigenvalue weighted by Crippen LogP contribution is 2.10. The first-order valence-electron chi connectivity index (χ1n) is 5.85. The summed E-state index contributed by atoms with van der Waals surface area (Å²) in [6.45, 7) is 11.5. The first-order chi connectivity index (χ1) is 8.21. The molecular formula is C12H23N3O2S. The number of thiocarbonyl (C=S) groups is 1. The zero-order valence-electron chi connectivity index (χ0n) is 11.5. The number of amides is 1. The summed E-state index contributed by atoms with van der Waals surface area (Å²) in [5.41, 5.74) is 4.91. The maximum Gasteiger partial charge on any atom is 0.416 e. The molecule has 3 N–H and O–H groups in total. The van der Waals surface area contributed by atoms with Crippen molar-refractivity contribution in [2.45, 2.75) is 39.3 Å². The molecule has 5 nitrogen and oxygen atoms in total. The third kappa shape index (κ3) is 6.56. The molecule has 0 bridgehead atoms. The Bertz CT molecular complexity index is 313. The van der Waals surface area contributed by atoms with Crippen LogP contribution in [0.2, 0.25) is 0 Å². The van der Waals surface area contributed by atoms with Crippen LogP contribution in [-0.2, 0) is 4.74 Å². The standard InChI is InChI=1S/C12H23N3O2S/c1-6-9(2)14-10(18)15(8-7-13)11(16)17-12(3,4)5/h6,9H,1,7-8,13H2,2-5H3,(H,14,18). The van der Waals surface area contributed by atoms with Gasteiger partial charge >= 0.3 is 6.09 Å². The van der Waals surface area contributed by atoms with Gasteiger partial charge in [0.05, 0.1) is 0 Å². The lowest BCUT2D eigenvalue weighted by molar-refractivity contribution is 0.0372. The fraction of sp³-hybridized carbons (Fsp3) is 0.667. The molecule has 0 fully saturated rings. The molecular weight excluding hydrogens is 250 g/mol. The number of carbonyl (C=O) groups excluding carboxylic acids is 1. The molecule has 0 radical (unpaired) electrons. The van der Waals surface area contributed by atoms with Crippen molar-refractivity contribution in [3.8, 4) is 0 Å². The van der Waals surface area contributed by atoms with Crippen molar-refractivity contribution in [2.24, 2.45) is 5.73 Å². The second-order valence-electron chi connectivity index (χ2n) is 4.89. The van der Waals surface area contributed by atoms with Crippen molar-refractivity contribution in [1.82, 2.24) is 10.2 Å². The van der Waals surface area contributed by atoms with Gasteiger partial charge in [0, 0.05) is 19.1 Å². The molecule has 0 heterocycles. The molecule has 1 amide bonds. The third-order valence-corrected chi connectivity index (χ3v) is 2.25. The molecule has 0 rings (SSSR count). The minimum Gasteiger partial charge on any atom is -0.443 e. The van der Waals surface area contributed by atoms with Crippen molar-refractivity contribution in [3.63, 3.8) is 0 Å². The molecule has 0 aliphatic carbocycles. The van der Waals surface area contributed by atoms with Gasteiger partial charge in [0.25, 0.3) is 0 Å². The minimum atomic E-state index is -0.566. The Balaban J connectivity index is 4.68. The minimum absolute atomic E-state index is 0.0276. The summed E-state index contributed by atoms with van der Waals surface area (Å²) in [4.78, 5) is 13.3. The summed E-state index contributed by atoms with van der Waals surface area (Å²) in [5.74, 6) is 0. The largest absolute Gasteiger partial charge is 0.443 e. The lowest BCUT2D eigenvalue weighted by Gasteiger charge is -2.28. The van der Waals surface area contributed by atoms with Gasteiger partial charge in [0.15, 0.2) is 5.11 Å². The predicted octanol–water partition coefficient (Wildman–Crippen LogP) is 1.63. The van der Waals surface area contributed by atoms with Gasteiger partial charge in [0.1, 0.15) is 5.60 Å². The molecule has 0 aliphatic rings. The summed E-state index contributed by atoms with van der Waals surface area (Å²) in [6, 6.07) is -0.0276. The zero-order valence-corrected chi connectivity index (χ0v) is 12.3. The number of rotatable bonds is 4. The number of nitrogens with one attached hydrogen (secondary N) is 1. The Morgan fingerprint density at radius 3 is 2.56 bits per heavy atom. The molecule has 0 aromatic heterocycles. The molecule has 104 valence electrons. The highest BCUT2D eigenvalue weighted by molar-refractivity contribution is 7.80. The van der Waals surface area contributed by atoms with E-state index in [4.69, 9.17) is 22.7 Å². The molecule has 1 unspecified atom stereocenters. The first kappa shape index (κ1) is 16.9. The highest BCUT2D eigenvalue weighted by Gasteiger charge is 2.24.